The number of aliphatic hydroxyl groups excluding tert-OH is 1. The quantitative estimate of drug-likeness (QED) is 0.476. The molecule has 154 valence electrons. The molecule has 3 rings (SSSR count). The number of hydrogen-bond donors (Lipinski definition) is 1. The van der Waals surface area contributed by atoms with Crippen molar-refractivity contribution in [2.75, 3.05) is 0 Å². The number of ether oxygens (including phenoxy) is 1. The average molecular weight is 515 g/mol. The van der Waals surface area contributed by atoms with Crippen molar-refractivity contribution in [1.29, 1.82) is 0 Å². The molecule has 0 saturated carbocycles. The first-order valence-corrected chi connectivity index (χ1v) is 13.7. The number of halogens is 1. The van der Waals surface area contributed by atoms with Crippen LogP contribution in [0.4, 0.5) is 0 Å². The van der Waals surface area contributed by atoms with Crippen LogP contribution in [0.2, 0.25) is 18.1 Å². The third kappa shape index (κ3) is 4.35. The van der Waals surface area contributed by atoms with Crippen LogP contribution in [0.25, 0.3) is 11.3 Å². The molecule has 0 unspecified atom stereocenters. The molecule has 1 saturated heterocycles. The number of aliphatic hydroxyl groups is 1. The van der Waals surface area contributed by atoms with E-state index in [9.17, 15) is 5.11 Å². The maximum absolute atomic E-state index is 10.8. The van der Waals surface area contributed by atoms with Crippen LogP contribution in [0.1, 0.15) is 40.2 Å². The van der Waals surface area contributed by atoms with Gasteiger partial charge in [-0.05, 0) is 47.6 Å². The minimum Gasteiger partial charge on any atom is -0.392 e. The average Bonchev–Trinajstić information content (AvgIpc) is 2.99. The summed E-state index contributed by atoms with van der Waals surface area (Å²) < 4.78 is 15.2. The van der Waals surface area contributed by atoms with Gasteiger partial charge in [0.2, 0.25) is 0 Å². The topological polar surface area (TPSA) is 69.4 Å². The van der Waals surface area contributed by atoms with Crippen molar-refractivity contribution in [1.82, 2.24) is 15.0 Å². The highest BCUT2D eigenvalue weighted by Crippen LogP contribution is 2.40. The third-order valence-electron chi connectivity index (χ3n) is 5.91. The van der Waals surface area contributed by atoms with E-state index in [1.807, 2.05) is 41.9 Å². The second kappa shape index (κ2) is 8.14. The lowest BCUT2D eigenvalue weighted by Crippen LogP contribution is -2.51. The molecule has 1 N–H and O–H groups in total. The monoisotopic (exact) mass is 515 g/mol. The Morgan fingerprint density at radius 1 is 1.25 bits per heavy atom. The van der Waals surface area contributed by atoms with E-state index in [1.54, 1.807) is 0 Å². The summed E-state index contributed by atoms with van der Waals surface area (Å²) in [4.78, 5) is 0. The van der Waals surface area contributed by atoms with Gasteiger partial charge in [-0.2, -0.15) is 0 Å². The van der Waals surface area contributed by atoms with E-state index in [0.29, 0.717) is 6.42 Å². The summed E-state index contributed by atoms with van der Waals surface area (Å²) in [6, 6.07) is 9.74. The molecule has 1 aliphatic heterocycles. The molecule has 8 heteroatoms. The number of aromatic nitrogens is 3. The van der Waals surface area contributed by atoms with Crippen molar-refractivity contribution < 1.29 is 14.3 Å². The summed E-state index contributed by atoms with van der Waals surface area (Å²) in [5, 5.41) is 19.7. The van der Waals surface area contributed by atoms with E-state index in [2.05, 4.69) is 66.8 Å². The lowest BCUT2D eigenvalue weighted by molar-refractivity contribution is -0.203. The van der Waals surface area contributed by atoms with Crippen LogP contribution in [-0.4, -0.2) is 46.9 Å². The van der Waals surface area contributed by atoms with Crippen molar-refractivity contribution in [2.24, 2.45) is 0 Å². The molecule has 0 radical (unpaired) electrons. The predicted octanol–water partition coefficient (Wildman–Crippen LogP) is 4.61. The Balaban J connectivity index is 1.86. The van der Waals surface area contributed by atoms with Crippen LogP contribution < -0.4 is 0 Å². The standard InChI is InChI=1S/C20H30IN3O3Si/c1-13-18(25)15(12-16(26-13)27-28(5,6)20(2,3)4)24-19(21)17(22-23-24)14-10-8-7-9-11-14/h7-11,13,15-16,18,25H,12H2,1-6H3/t13-,15-,16+,18-/m0/s1. The largest absolute Gasteiger partial charge is 0.392 e. The molecule has 2 heterocycles. The number of nitrogens with zero attached hydrogens (tertiary/aromatic N) is 3. The second-order valence-corrected chi connectivity index (χ2v) is 14.8. The number of rotatable bonds is 4. The minimum atomic E-state index is -1.99. The zero-order valence-corrected chi connectivity index (χ0v) is 20.5. The molecule has 1 aliphatic rings. The van der Waals surface area contributed by atoms with Crippen LogP contribution >= 0.6 is 22.6 Å². The van der Waals surface area contributed by atoms with Crippen molar-refractivity contribution >= 4 is 30.9 Å². The van der Waals surface area contributed by atoms with Gasteiger partial charge in [0, 0.05) is 12.0 Å². The van der Waals surface area contributed by atoms with Crippen LogP contribution in [0.3, 0.4) is 0 Å². The zero-order chi connectivity index (χ0) is 20.7. The van der Waals surface area contributed by atoms with Crippen LogP contribution in [0, 0.1) is 3.70 Å². The summed E-state index contributed by atoms with van der Waals surface area (Å²) in [6.07, 6.45) is -0.817. The van der Waals surface area contributed by atoms with Gasteiger partial charge in [-0.3, -0.25) is 0 Å². The molecule has 1 aromatic carbocycles. The van der Waals surface area contributed by atoms with Crippen molar-refractivity contribution in [3.05, 3.63) is 34.0 Å². The van der Waals surface area contributed by atoms with E-state index in [-0.39, 0.29) is 23.5 Å². The molecular weight excluding hydrogens is 485 g/mol. The highest BCUT2D eigenvalue weighted by atomic mass is 127. The lowest BCUT2D eigenvalue weighted by atomic mass is 10.00. The van der Waals surface area contributed by atoms with Crippen LogP contribution in [-0.2, 0) is 9.16 Å². The molecular formula is C20H30IN3O3Si. The Labute approximate surface area is 181 Å². The predicted molar refractivity (Wildman–Crippen MR) is 120 cm³/mol. The maximum Gasteiger partial charge on any atom is 0.195 e. The SMILES string of the molecule is C[C@@H]1O[C@H](O[Si](C)(C)C(C)(C)C)C[C@H](n2nnc(-c3ccccc3)c2I)[C@H]1O. The Morgan fingerprint density at radius 3 is 2.50 bits per heavy atom. The van der Waals surface area contributed by atoms with E-state index in [1.165, 1.54) is 0 Å². The van der Waals surface area contributed by atoms with E-state index in [0.717, 1.165) is 15.0 Å². The first-order valence-electron chi connectivity index (χ1n) is 9.69. The molecule has 1 aromatic heterocycles. The van der Waals surface area contributed by atoms with E-state index < -0.39 is 14.4 Å². The number of hydrogen-bond acceptors (Lipinski definition) is 5. The molecule has 1 fully saturated rings. The van der Waals surface area contributed by atoms with Gasteiger partial charge in [-0.25, -0.2) is 4.68 Å². The fourth-order valence-electron chi connectivity index (χ4n) is 3.12. The maximum atomic E-state index is 10.8. The fourth-order valence-corrected chi connectivity index (χ4v) is 5.15. The first-order chi connectivity index (χ1) is 13.0. The molecule has 0 aliphatic carbocycles. The third-order valence-corrected chi connectivity index (χ3v) is 11.4. The van der Waals surface area contributed by atoms with Crippen LogP contribution in [0.15, 0.2) is 30.3 Å². The summed E-state index contributed by atoms with van der Waals surface area (Å²) in [7, 11) is -1.99. The number of benzene rings is 1. The van der Waals surface area contributed by atoms with Gasteiger partial charge in [-0.1, -0.05) is 56.3 Å². The lowest BCUT2D eigenvalue weighted by Gasteiger charge is -2.44. The molecule has 4 atom stereocenters. The van der Waals surface area contributed by atoms with Gasteiger partial charge in [0.05, 0.1) is 12.1 Å². The van der Waals surface area contributed by atoms with Gasteiger partial charge in [0.1, 0.15) is 21.8 Å². The molecule has 28 heavy (non-hydrogen) atoms. The normalized spacial score (nSPS) is 26.4. The van der Waals surface area contributed by atoms with Gasteiger partial charge in [0.25, 0.3) is 0 Å². The van der Waals surface area contributed by atoms with Gasteiger partial charge in [-0.15, -0.1) is 5.10 Å². The summed E-state index contributed by atoms with van der Waals surface area (Å²) in [5.74, 6) is 0. The van der Waals surface area contributed by atoms with Gasteiger partial charge < -0.3 is 14.3 Å². The fraction of sp³-hybridized carbons (Fsp3) is 0.600. The summed E-state index contributed by atoms with van der Waals surface area (Å²) in [6.45, 7) is 13.0. The first kappa shape index (κ1) is 21.9. The molecule has 0 bridgehead atoms. The molecule has 6 nitrogen and oxygen atoms in total. The van der Waals surface area contributed by atoms with Crippen molar-refractivity contribution in [2.45, 2.75) is 76.8 Å². The van der Waals surface area contributed by atoms with Gasteiger partial charge >= 0.3 is 0 Å². The highest BCUT2D eigenvalue weighted by molar-refractivity contribution is 14.1. The minimum absolute atomic E-state index is 0.0906. The van der Waals surface area contributed by atoms with Crippen molar-refractivity contribution in [3.8, 4) is 11.3 Å². The Kier molecular flexibility index (Phi) is 6.36. The van der Waals surface area contributed by atoms with Crippen LogP contribution in [0.5, 0.6) is 0 Å². The van der Waals surface area contributed by atoms with Gasteiger partial charge in [0.15, 0.2) is 8.32 Å². The van der Waals surface area contributed by atoms with Crippen molar-refractivity contribution in [3.63, 3.8) is 0 Å². The molecule has 0 amide bonds. The molecule has 0 spiro atoms. The van der Waals surface area contributed by atoms with E-state index in [4.69, 9.17) is 9.16 Å². The Morgan fingerprint density at radius 2 is 1.89 bits per heavy atom. The highest BCUT2D eigenvalue weighted by Gasteiger charge is 2.44. The Hall–Kier alpha value is -0.813. The smallest absolute Gasteiger partial charge is 0.195 e. The Bertz CT molecular complexity index is 807. The summed E-state index contributed by atoms with van der Waals surface area (Å²) in [5.41, 5.74) is 1.84. The molecule has 2 aromatic rings. The zero-order valence-electron chi connectivity index (χ0n) is 17.4. The summed E-state index contributed by atoms with van der Waals surface area (Å²) >= 11 is 2.26. The van der Waals surface area contributed by atoms with E-state index >= 15 is 0 Å². The second-order valence-electron chi connectivity index (χ2n) is 8.98.